The quantitative estimate of drug-likeness (QED) is 0.590. The highest BCUT2D eigenvalue weighted by molar-refractivity contribution is 9.10. The Morgan fingerprint density at radius 3 is 2.18 bits per heavy atom. The lowest BCUT2D eigenvalue weighted by molar-refractivity contribution is -0.129. The monoisotopic (exact) mass is 468 g/mol. The molecule has 1 amide bonds. The molecule has 0 aromatic heterocycles. The molecule has 6 nitrogen and oxygen atoms in total. The molecule has 0 aliphatic rings. The summed E-state index contributed by atoms with van der Waals surface area (Å²) in [6.07, 6.45) is 0. The molecule has 0 fully saturated rings. The highest BCUT2D eigenvalue weighted by Gasteiger charge is 2.29. The van der Waals surface area contributed by atoms with Crippen LogP contribution in [0.25, 0.3) is 0 Å². The molecular formula is C20H25BrN2O4S. The maximum Gasteiger partial charge on any atom is 0.264 e. The standard InChI is InChI=1S/C20H25BrN2O4S/c1-5-22(6-2)20(24)14-23(16-9-7-15(3)8-10-16)28(25,26)17-11-12-19(27-4)18(21)13-17/h7-13H,5-6,14H2,1-4H3. The van der Waals surface area contributed by atoms with Crippen LogP contribution in [-0.2, 0) is 14.8 Å². The smallest absolute Gasteiger partial charge is 0.264 e. The number of rotatable bonds is 8. The Balaban J connectivity index is 2.51. The van der Waals surface area contributed by atoms with Gasteiger partial charge in [0.25, 0.3) is 10.0 Å². The minimum atomic E-state index is -3.96. The molecule has 0 spiro atoms. The van der Waals surface area contributed by atoms with E-state index in [1.165, 1.54) is 19.2 Å². The van der Waals surface area contributed by atoms with E-state index < -0.39 is 10.0 Å². The van der Waals surface area contributed by atoms with Crippen molar-refractivity contribution in [2.24, 2.45) is 0 Å². The van der Waals surface area contributed by atoms with E-state index in [-0.39, 0.29) is 17.3 Å². The summed E-state index contributed by atoms with van der Waals surface area (Å²) in [5.74, 6) is 0.279. The summed E-state index contributed by atoms with van der Waals surface area (Å²) in [5, 5.41) is 0. The molecule has 0 saturated heterocycles. The first-order chi connectivity index (χ1) is 13.2. The normalized spacial score (nSPS) is 11.2. The van der Waals surface area contributed by atoms with Crippen molar-refractivity contribution in [3.63, 3.8) is 0 Å². The second-order valence-electron chi connectivity index (χ2n) is 6.21. The summed E-state index contributed by atoms with van der Waals surface area (Å²) >= 11 is 3.33. The number of sulfonamides is 1. The van der Waals surface area contributed by atoms with Crippen molar-refractivity contribution in [2.75, 3.05) is 31.0 Å². The summed E-state index contributed by atoms with van der Waals surface area (Å²) in [5.41, 5.74) is 1.45. The van der Waals surface area contributed by atoms with E-state index in [1.807, 2.05) is 32.9 Å². The van der Waals surface area contributed by atoms with E-state index in [4.69, 9.17) is 4.74 Å². The second kappa shape index (κ2) is 9.43. The number of anilines is 1. The van der Waals surface area contributed by atoms with Gasteiger partial charge >= 0.3 is 0 Å². The Kier molecular flexibility index (Phi) is 7.48. The van der Waals surface area contributed by atoms with Crippen LogP contribution in [0.4, 0.5) is 5.69 Å². The minimum Gasteiger partial charge on any atom is -0.496 e. The molecule has 8 heteroatoms. The van der Waals surface area contributed by atoms with Crippen LogP contribution in [-0.4, -0.2) is 46.0 Å². The Morgan fingerprint density at radius 2 is 1.68 bits per heavy atom. The molecular weight excluding hydrogens is 444 g/mol. The molecule has 0 N–H and O–H groups in total. The number of likely N-dealkylation sites (N-methyl/N-ethyl adjacent to an activating group) is 1. The highest BCUT2D eigenvalue weighted by Crippen LogP contribution is 2.30. The van der Waals surface area contributed by atoms with Crippen molar-refractivity contribution < 1.29 is 17.9 Å². The van der Waals surface area contributed by atoms with E-state index >= 15 is 0 Å². The first-order valence-electron chi connectivity index (χ1n) is 8.95. The van der Waals surface area contributed by atoms with Gasteiger partial charge in [-0.25, -0.2) is 8.42 Å². The SMILES string of the molecule is CCN(CC)C(=O)CN(c1ccc(C)cc1)S(=O)(=O)c1ccc(OC)c(Br)c1. The van der Waals surface area contributed by atoms with Crippen molar-refractivity contribution in [1.29, 1.82) is 0 Å². The van der Waals surface area contributed by atoms with Crippen LogP contribution >= 0.6 is 15.9 Å². The number of halogens is 1. The number of carbonyl (C=O) groups is 1. The van der Waals surface area contributed by atoms with Crippen LogP contribution in [0, 0.1) is 6.92 Å². The molecule has 0 unspecified atom stereocenters. The van der Waals surface area contributed by atoms with Crippen molar-refractivity contribution in [1.82, 2.24) is 4.90 Å². The average molecular weight is 469 g/mol. The molecule has 0 atom stereocenters. The van der Waals surface area contributed by atoms with Gasteiger partial charge in [-0.05, 0) is 67.0 Å². The third kappa shape index (κ3) is 4.86. The van der Waals surface area contributed by atoms with Gasteiger partial charge in [-0.2, -0.15) is 0 Å². The third-order valence-corrected chi connectivity index (χ3v) is 6.82. The molecule has 2 aromatic rings. The first kappa shape index (κ1) is 22.2. The summed E-state index contributed by atoms with van der Waals surface area (Å²) in [6, 6.07) is 11.6. The van der Waals surface area contributed by atoms with Crippen LogP contribution in [0.1, 0.15) is 19.4 Å². The summed E-state index contributed by atoms with van der Waals surface area (Å²) in [6.45, 7) is 6.43. The lowest BCUT2D eigenvalue weighted by atomic mass is 10.2. The van der Waals surface area contributed by atoms with E-state index in [2.05, 4.69) is 15.9 Å². The number of amides is 1. The van der Waals surface area contributed by atoms with Gasteiger partial charge in [-0.15, -0.1) is 0 Å². The van der Waals surface area contributed by atoms with Gasteiger partial charge in [0.1, 0.15) is 12.3 Å². The van der Waals surface area contributed by atoms with Gasteiger partial charge in [-0.3, -0.25) is 9.10 Å². The highest BCUT2D eigenvalue weighted by atomic mass is 79.9. The minimum absolute atomic E-state index is 0.0769. The van der Waals surface area contributed by atoms with Gasteiger partial charge in [-0.1, -0.05) is 17.7 Å². The van der Waals surface area contributed by atoms with Crippen LogP contribution in [0.2, 0.25) is 0 Å². The lowest BCUT2D eigenvalue weighted by Gasteiger charge is -2.27. The zero-order valence-electron chi connectivity index (χ0n) is 16.5. The predicted octanol–water partition coefficient (Wildman–Crippen LogP) is 3.83. The molecule has 0 saturated carbocycles. The summed E-state index contributed by atoms with van der Waals surface area (Å²) in [7, 11) is -2.45. The zero-order valence-corrected chi connectivity index (χ0v) is 18.9. The molecule has 0 radical (unpaired) electrons. The molecule has 0 aliphatic carbocycles. The predicted molar refractivity (Wildman–Crippen MR) is 114 cm³/mol. The van der Waals surface area contributed by atoms with E-state index in [0.29, 0.717) is 29.0 Å². The molecule has 0 aliphatic heterocycles. The first-order valence-corrected chi connectivity index (χ1v) is 11.2. The Labute approximate surface area is 175 Å². The number of hydrogen-bond acceptors (Lipinski definition) is 4. The number of methoxy groups -OCH3 is 1. The molecule has 2 aromatic carbocycles. The fraction of sp³-hybridized carbons (Fsp3) is 0.350. The fourth-order valence-corrected chi connectivity index (χ4v) is 4.89. The zero-order chi connectivity index (χ0) is 20.9. The number of aryl methyl sites for hydroxylation is 1. The van der Waals surface area contributed by atoms with Crippen molar-refractivity contribution in [3.05, 3.63) is 52.5 Å². The maximum absolute atomic E-state index is 13.4. The molecule has 0 heterocycles. The van der Waals surface area contributed by atoms with Gasteiger partial charge in [0.2, 0.25) is 5.91 Å². The van der Waals surface area contributed by atoms with Crippen molar-refractivity contribution in [3.8, 4) is 5.75 Å². The second-order valence-corrected chi connectivity index (χ2v) is 8.93. The van der Waals surface area contributed by atoms with Gasteiger partial charge < -0.3 is 9.64 Å². The number of hydrogen-bond donors (Lipinski definition) is 0. The van der Waals surface area contributed by atoms with E-state index in [1.54, 1.807) is 23.1 Å². The topological polar surface area (TPSA) is 66.9 Å². The van der Waals surface area contributed by atoms with Crippen LogP contribution in [0.5, 0.6) is 5.75 Å². The molecule has 0 bridgehead atoms. The Morgan fingerprint density at radius 1 is 1.07 bits per heavy atom. The van der Waals surface area contributed by atoms with E-state index in [0.717, 1.165) is 9.87 Å². The average Bonchev–Trinajstić information content (AvgIpc) is 2.67. The van der Waals surface area contributed by atoms with Gasteiger partial charge in [0.05, 0.1) is 22.2 Å². The van der Waals surface area contributed by atoms with Gasteiger partial charge in [0.15, 0.2) is 0 Å². The Hall–Kier alpha value is -2.06. The van der Waals surface area contributed by atoms with Crippen LogP contribution in [0.3, 0.4) is 0 Å². The fourth-order valence-electron chi connectivity index (χ4n) is 2.76. The van der Waals surface area contributed by atoms with Crippen LogP contribution in [0.15, 0.2) is 51.8 Å². The summed E-state index contributed by atoms with van der Waals surface area (Å²) < 4.78 is 33.7. The van der Waals surface area contributed by atoms with Crippen LogP contribution < -0.4 is 9.04 Å². The largest absolute Gasteiger partial charge is 0.496 e. The molecule has 28 heavy (non-hydrogen) atoms. The van der Waals surface area contributed by atoms with Crippen molar-refractivity contribution in [2.45, 2.75) is 25.7 Å². The molecule has 2 rings (SSSR count). The maximum atomic E-state index is 13.4. The van der Waals surface area contributed by atoms with Gasteiger partial charge in [0, 0.05) is 13.1 Å². The third-order valence-electron chi connectivity index (χ3n) is 4.43. The number of nitrogens with zero attached hydrogens (tertiary/aromatic N) is 2. The number of ether oxygens (including phenoxy) is 1. The Bertz CT molecular complexity index is 926. The number of benzene rings is 2. The lowest BCUT2D eigenvalue weighted by Crippen LogP contribution is -2.43. The van der Waals surface area contributed by atoms with Crippen molar-refractivity contribution >= 4 is 37.5 Å². The van der Waals surface area contributed by atoms with E-state index in [9.17, 15) is 13.2 Å². The summed E-state index contributed by atoms with van der Waals surface area (Å²) in [4.78, 5) is 14.4. The number of carbonyl (C=O) groups excluding carboxylic acids is 1. The molecule has 152 valence electrons.